The Labute approximate surface area is 138 Å². The molecule has 3 aromatic rings. The molecule has 0 aliphatic carbocycles. The fourth-order valence-electron chi connectivity index (χ4n) is 2.55. The number of hydrogen-bond donors (Lipinski definition) is 2. The molecule has 3 rings (SSSR count). The van der Waals surface area contributed by atoms with E-state index >= 15 is 0 Å². The number of rotatable bonds is 5. The number of thiophene rings is 1. The van der Waals surface area contributed by atoms with Crippen molar-refractivity contribution < 1.29 is 14.3 Å². The van der Waals surface area contributed by atoms with Gasteiger partial charge in [0, 0.05) is 17.5 Å². The fourth-order valence-corrected chi connectivity index (χ4v) is 3.26. The van der Waals surface area contributed by atoms with Crippen molar-refractivity contribution in [1.82, 2.24) is 5.32 Å². The van der Waals surface area contributed by atoms with Crippen LogP contribution in [0.4, 0.5) is 0 Å². The Hall–Kier alpha value is -2.11. The summed E-state index contributed by atoms with van der Waals surface area (Å²) in [5.41, 5.74) is 4.80. The quantitative estimate of drug-likeness (QED) is 0.753. The second-order valence-corrected chi connectivity index (χ2v) is 6.48. The highest BCUT2D eigenvalue weighted by atomic mass is 32.1. The van der Waals surface area contributed by atoms with Gasteiger partial charge in [-0.25, -0.2) is 0 Å². The maximum absolute atomic E-state index is 12.1. The first-order valence-electron chi connectivity index (χ1n) is 7.49. The lowest BCUT2D eigenvalue weighted by Gasteiger charge is -2.10. The zero-order valence-corrected chi connectivity index (χ0v) is 13.9. The fraction of sp³-hybridized carbons (Fsp3) is 0.278. The summed E-state index contributed by atoms with van der Waals surface area (Å²) in [7, 11) is 0. The van der Waals surface area contributed by atoms with Crippen LogP contribution in [-0.2, 0) is 11.2 Å². The second-order valence-electron chi connectivity index (χ2n) is 5.70. The van der Waals surface area contributed by atoms with Crippen LogP contribution < -0.4 is 5.32 Å². The number of hydrogen-bond acceptors (Lipinski definition) is 4. The van der Waals surface area contributed by atoms with Gasteiger partial charge in [-0.15, -0.1) is 0 Å². The van der Waals surface area contributed by atoms with E-state index in [9.17, 15) is 9.90 Å². The average molecular weight is 329 g/mol. The van der Waals surface area contributed by atoms with E-state index in [4.69, 9.17) is 4.42 Å². The first kappa shape index (κ1) is 15.8. The largest absolute Gasteiger partial charge is 0.464 e. The van der Waals surface area contributed by atoms with E-state index < -0.39 is 6.10 Å². The molecule has 1 amide bonds. The maximum atomic E-state index is 12.1. The molecule has 2 aromatic heterocycles. The summed E-state index contributed by atoms with van der Waals surface area (Å²) >= 11 is 1.52. The van der Waals surface area contributed by atoms with Crippen LogP contribution in [0.25, 0.3) is 11.0 Å². The average Bonchev–Trinajstić information content (AvgIpc) is 3.19. The standard InChI is InChI=1S/C18H19NO3S/c1-11-3-4-15-14(9-22-18(15)12(11)2)7-17(21)19-8-16(20)13-5-6-23-10-13/h3-6,9-10,16,20H,7-8H2,1-2H3,(H,19,21). The molecule has 0 aliphatic rings. The van der Waals surface area contributed by atoms with Crippen LogP contribution in [0.2, 0.25) is 0 Å². The number of carbonyl (C=O) groups excluding carboxylic acids is 1. The molecule has 0 spiro atoms. The molecular formula is C18H19NO3S. The van der Waals surface area contributed by atoms with Gasteiger partial charge in [0.25, 0.3) is 0 Å². The van der Waals surface area contributed by atoms with Crippen molar-refractivity contribution in [2.45, 2.75) is 26.4 Å². The number of fused-ring (bicyclic) bond motifs is 1. The molecule has 0 aliphatic heterocycles. The molecule has 0 fully saturated rings. The Morgan fingerprint density at radius 1 is 1.35 bits per heavy atom. The Kier molecular flexibility index (Phi) is 4.50. The van der Waals surface area contributed by atoms with Gasteiger partial charge in [-0.1, -0.05) is 12.1 Å². The number of nitrogens with one attached hydrogen (secondary N) is 1. The van der Waals surface area contributed by atoms with Crippen molar-refractivity contribution in [1.29, 1.82) is 0 Å². The molecule has 23 heavy (non-hydrogen) atoms. The topological polar surface area (TPSA) is 62.5 Å². The van der Waals surface area contributed by atoms with Crippen LogP contribution in [0.1, 0.15) is 28.4 Å². The number of carbonyl (C=O) groups is 1. The minimum absolute atomic E-state index is 0.125. The minimum Gasteiger partial charge on any atom is -0.464 e. The molecule has 1 aromatic carbocycles. The lowest BCUT2D eigenvalue weighted by atomic mass is 10.0. The highest BCUT2D eigenvalue weighted by molar-refractivity contribution is 7.07. The van der Waals surface area contributed by atoms with Gasteiger partial charge in [-0.2, -0.15) is 11.3 Å². The SMILES string of the molecule is Cc1ccc2c(CC(=O)NCC(O)c3ccsc3)coc2c1C. The smallest absolute Gasteiger partial charge is 0.224 e. The third-order valence-electron chi connectivity index (χ3n) is 4.11. The van der Waals surface area contributed by atoms with Crippen molar-refractivity contribution in [3.05, 3.63) is 57.5 Å². The lowest BCUT2D eigenvalue weighted by Crippen LogP contribution is -2.29. The molecule has 5 heteroatoms. The highest BCUT2D eigenvalue weighted by Gasteiger charge is 2.14. The molecule has 0 saturated heterocycles. The number of amides is 1. The second kappa shape index (κ2) is 6.56. The van der Waals surface area contributed by atoms with Gasteiger partial charge in [0.2, 0.25) is 5.91 Å². The van der Waals surface area contributed by atoms with E-state index in [-0.39, 0.29) is 18.9 Å². The summed E-state index contributed by atoms with van der Waals surface area (Å²) < 4.78 is 5.62. The number of furan rings is 1. The third-order valence-corrected chi connectivity index (χ3v) is 4.81. The Morgan fingerprint density at radius 3 is 2.91 bits per heavy atom. The monoisotopic (exact) mass is 329 g/mol. The van der Waals surface area contributed by atoms with Crippen LogP contribution in [0, 0.1) is 13.8 Å². The van der Waals surface area contributed by atoms with E-state index in [0.717, 1.165) is 27.7 Å². The van der Waals surface area contributed by atoms with Gasteiger partial charge in [0.1, 0.15) is 5.58 Å². The normalized spacial score (nSPS) is 12.5. The summed E-state index contributed by atoms with van der Waals surface area (Å²) in [5.74, 6) is -0.125. The molecular weight excluding hydrogens is 310 g/mol. The van der Waals surface area contributed by atoms with Gasteiger partial charge in [0.05, 0.1) is 18.8 Å². The summed E-state index contributed by atoms with van der Waals surface area (Å²) in [6, 6.07) is 5.88. The van der Waals surface area contributed by atoms with Crippen LogP contribution in [0.15, 0.2) is 39.6 Å². The molecule has 1 unspecified atom stereocenters. The number of aliphatic hydroxyl groups is 1. The van der Waals surface area contributed by atoms with Crippen LogP contribution in [0.3, 0.4) is 0 Å². The Morgan fingerprint density at radius 2 is 2.17 bits per heavy atom. The zero-order chi connectivity index (χ0) is 16.4. The van der Waals surface area contributed by atoms with Crippen molar-refractivity contribution in [2.75, 3.05) is 6.54 Å². The third kappa shape index (κ3) is 3.30. The summed E-state index contributed by atoms with van der Waals surface area (Å²) in [4.78, 5) is 12.1. The van der Waals surface area contributed by atoms with E-state index in [0.29, 0.717) is 0 Å². The molecule has 4 nitrogen and oxygen atoms in total. The Balaban J connectivity index is 1.65. The number of benzene rings is 1. The molecule has 2 N–H and O–H groups in total. The molecule has 1 atom stereocenters. The van der Waals surface area contributed by atoms with E-state index in [2.05, 4.69) is 5.32 Å². The van der Waals surface area contributed by atoms with Crippen LogP contribution in [-0.4, -0.2) is 17.6 Å². The zero-order valence-electron chi connectivity index (χ0n) is 13.1. The van der Waals surface area contributed by atoms with E-state index in [1.807, 2.05) is 42.8 Å². The van der Waals surface area contributed by atoms with Gasteiger partial charge in [-0.05, 0) is 47.4 Å². The van der Waals surface area contributed by atoms with E-state index in [1.165, 1.54) is 16.9 Å². The van der Waals surface area contributed by atoms with Crippen molar-refractivity contribution in [3.8, 4) is 0 Å². The molecule has 0 bridgehead atoms. The maximum Gasteiger partial charge on any atom is 0.224 e. The van der Waals surface area contributed by atoms with E-state index in [1.54, 1.807) is 6.26 Å². The number of aliphatic hydroxyl groups excluding tert-OH is 1. The van der Waals surface area contributed by atoms with Crippen molar-refractivity contribution in [3.63, 3.8) is 0 Å². The van der Waals surface area contributed by atoms with Crippen molar-refractivity contribution in [2.24, 2.45) is 0 Å². The van der Waals surface area contributed by atoms with Gasteiger partial charge >= 0.3 is 0 Å². The first-order chi connectivity index (χ1) is 11.1. The van der Waals surface area contributed by atoms with Gasteiger partial charge < -0.3 is 14.8 Å². The minimum atomic E-state index is -0.670. The molecule has 0 radical (unpaired) electrons. The van der Waals surface area contributed by atoms with Crippen molar-refractivity contribution >= 4 is 28.2 Å². The summed E-state index contributed by atoms with van der Waals surface area (Å²) in [6.45, 7) is 4.27. The van der Waals surface area contributed by atoms with Crippen LogP contribution >= 0.6 is 11.3 Å². The lowest BCUT2D eigenvalue weighted by molar-refractivity contribution is -0.120. The predicted molar refractivity (Wildman–Crippen MR) is 91.7 cm³/mol. The molecule has 0 saturated carbocycles. The predicted octanol–water partition coefficient (Wildman–Crippen LogP) is 3.50. The molecule has 2 heterocycles. The van der Waals surface area contributed by atoms with Crippen LogP contribution in [0.5, 0.6) is 0 Å². The molecule has 120 valence electrons. The highest BCUT2D eigenvalue weighted by Crippen LogP contribution is 2.26. The van der Waals surface area contributed by atoms with Gasteiger partial charge in [0.15, 0.2) is 0 Å². The Bertz CT molecular complexity index is 820. The summed E-state index contributed by atoms with van der Waals surface area (Å²) in [6.07, 6.45) is 1.22. The summed E-state index contributed by atoms with van der Waals surface area (Å²) in [5, 5.41) is 17.5. The first-order valence-corrected chi connectivity index (χ1v) is 8.43. The van der Waals surface area contributed by atoms with Gasteiger partial charge in [-0.3, -0.25) is 4.79 Å². The number of aryl methyl sites for hydroxylation is 2.